The number of benzene rings is 1. The fourth-order valence-corrected chi connectivity index (χ4v) is 4.16. The van der Waals surface area contributed by atoms with Crippen LogP contribution in [-0.4, -0.2) is 55.5 Å². The normalized spacial score (nSPS) is 16.4. The van der Waals surface area contributed by atoms with Crippen molar-refractivity contribution in [1.82, 2.24) is 15.5 Å². The first-order chi connectivity index (χ1) is 12.8. The van der Waals surface area contributed by atoms with Gasteiger partial charge in [-0.15, -0.1) is 24.0 Å². The predicted molar refractivity (Wildman–Crippen MR) is 130 cm³/mol. The van der Waals surface area contributed by atoms with Gasteiger partial charge in [-0.2, -0.15) is 0 Å². The Kier molecular flexibility index (Phi) is 10.8. The number of nitrogens with zero attached hydrogens (tertiary/aromatic N) is 2. The molecule has 0 bridgehead atoms. The van der Waals surface area contributed by atoms with Crippen LogP contribution in [0.3, 0.4) is 0 Å². The predicted octanol–water partition coefficient (Wildman–Crippen LogP) is 2.85. The van der Waals surface area contributed by atoms with Crippen molar-refractivity contribution in [1.29, 1.82) is 0 Å². The van der Waals surface area contributed by atoms with Crippen molar-refractivity contribution in [3.8, 4) is 0 Å². The maximum absolute atomic E-state index is 11.1. The minimum absolute atomic E-state index is 0. The minimum atomic E-state index is -0.259. The Balaban J connectivity index is 0.00000392. The Labute approximate surface area is 194 Å². The smallest absolute Gasteiger partial charge is 0.231 e. The summed E-state index contributed by atoms with van der Waals surface area (Å²) >= 11 is 3.65. The topological polar surface area (TPSA) is 82.8 Å². The van der Waals surface area contributed by atoms with Crippen molar-refractivity contribution in [2.45, 2.75) is 45.1 Å². The van der Waals surface area contributed by atoms with Gasteiger partial charge in [0.05, 0.1) is 13.1 Å². The summed E-state index contributed by atoms with van der Waals surface area (Å²) in [5.74, 6) is 0.594. The molecule has 0 saturated carbocycles. The molecule has 0 unspecified atom stereocenters. The molecular weight excluding hydrogens is 533 g/mol. The number of rotatable bonds is 7. The van der Waals surface area contributed by atoms with Crippen LogP contribution in [0.4, 0.5) is 0 Å². The van der Waals surface area contributed by atoms with Crippen LogP contribution in [0.1, 0.15) is 39.2 Å². The average molecular weight is 566 g/mol. The number of nitrogens with one attached hydrogen (secondary N) is 2. The van der Waals surface area contributed by atoms with Gasteiger partial charge in [-0.25, -0.2) is 0 Å². The molecule has 1 heterocycles. The molecule has 0 radical (unpaired) electrons. The van der Waals surface area contributed by atoms with E-state index in [0.717, 1.165) is 42.9 Å². The molecule has 0 aliphatic carbocycles. The highest BCUT2D eigenvalue weighted by Gasteiger charge is 2.24. The van der Waals surface area contributed by atoms with Gasteiger partial charge in [0.15, 0.2) is 5.96 Å². The molecule has 8 heteroatoms. The first kappa shape index (κ1) is 25.2. The summed E-state index contributed by atoms with van der Waals surface area (Å²) in [4.78, 5) is 18.0. The third-order valence-electron chi connectivity index (χ3n) is 4.89. The molecule has 2 rings (SSSR count). The van der Waals surface area contributed by atoms with E-state index in [0.29, 0.717) is 19.1 Å². The number of likely N-dealkylation sites (tertiary alicyclic amines) is 1. The Morgan fingerprint density at radius 1 is 1.32 bits per heavy atom. The molecule has 28 heavy (non-hydrogen) atoms. The second-order valence-electron chi connectivity index (χ2n) is 7.72. The van der Waals surface area contributed by atoms with Gasteiger partial charge in [0, 0.05) is 35.6 Å². The summed E-state index contributed by atoms with van der Waals surface area (Å²) in [5.41, 5.74) is 6.47. The average Bonchev–Trinajstić information content (AvgIpc) is 2.61. The SMILES string of the molecule is CCNC(=NCC(C)(C)c1ccccc1Br)NC1CCN(CC(N)=O)CC1.I. The van der Waals surface area contributed by atoms with Gasteiger partial charge < -0.3 is 16.4 Å². The number of carbonyl (C=O) groups excluding carboxylic acids is 1. The van der Waals surface area contributed by atoms with E-state index in [2.05, 4.69) is 70.4 Å². The Bertz CT molecular complexity index is 660. The van der Waals surface area contributed by atoms with E-state index in [-0.39, 0.29) is 35.3 Å². The number of halogens is 2. The van der Waals surface area contributed by atoms with E-state index in [1.165, 1.54) is 5.56 Å². The van der Waals surface area contributed by atoms with Crippen molar-refractivity contribution in [3.05, 3.63) is 34.3 Å². The van der Waals surface area contributed by atoms with Crippen molar-refractivity contribution >= 4 is 51.8 Å². The molecule has 1 aromatic rings. The first-order valence-electron chi connectivity index (χ1n) is 9.62. The van der Waals surface area contributed by atoms with Gasteiger partial charge in [-0.05, 0) is 31.4 Å². The van der Waals surface area contributed by atoms with Crippen LogP contribution < -0.4 is 16.4 Å². The number of nitrogens with two attached hydrogens (primary N) is 1. The van der Waals surface area contributed by atoms with E-state index in [1.54, 1.807) is 0 Å². The monoisotopic (exact) mass is 565 g/mol. The van der Waals surface area contributed by atoms with Crippen molar-refractivity contribution in [2.75, 3.05) is 32.7 Å². The highest BCUT2D eigenvalue weighted by atomic mass is 127. The number of amides is 1. The third kappa shape index (κ3) is 7.87. The van der Waals surface area contributed by atoms with Gasteiger partial charge in [-0.3, -0.25) is 14.7 Å². The molecule has 0 atom stereocenters. The summed E-state index contributed by atoms with van der Waals surface area (Å²) in [5, 5.41) is 6.91. The molecule has 1 fully saturated rings. The molecule has 1 amide bonds. The minimum Gasteiger partial charge on any atom is -0.369 e. The summed E-state index contributed by atoms with van der Waals surface area (Å²) in [6.07, 6.45) is 1.96. The fraction of sp³-hybridized carbons (Fsp3) is 0.600. The Morgan fingerprint density at radius 2 is 1.96 bits per heavy atom. The zero-order chi connectivity index (χ0) is 19.9. The number of primary amides is 1. The summed E-state index contributed by atoms with van der Waals surface area (Å²) in [7, 11) is 0. The lowest BCUT2D eigenvalue weighted by molar-refractivity contribution is -0.119. The third-order valence-corrected chi connectivity index (χ3v) is 5.58. The molecule has 1 aliphatic heterocycles. The van der Waals surface area contributed by atoms with E-state index < -0.39 is 0 Å². The quantitative estimate of drug-likeness (QED) is 0.270. The van der Waals surface area contributed by atoms with Gasteiger partial charge in [0.2, 0.25) is 5.91 Å². The molecule has 0 aromatic heterocycles. The molecule has 0 spiro atoms. The van der Waals surface area contributed by atoms with E-state index in [1.807, 2.05) is 6.07 Å². The van der Waals surface area contributed by atoms with Gasteiger partial charge in [0.25, 0.3) is 0 Å². The first-order valence-corrected chi connectivity index (χ1v) is 10.4. The highest BCUT2D eigenvalue weighted by Crippen LogP contribution is 2.30. The second kappa shape index (κ2) is 12.0. The Morgan fingerprint density at radius 3 is 2.54 bits per heavy atom. The molecule has 1 saturated heterocycles. The van der Waals surface area contributed by atoms with Crippen LogP contribution in [0.15, 0.2) is 33.7 Å². The molecule has 6 nitrogen and oxygen atoms in total. The van der Waals surface area contributed by atoms with Gasteiger partial charge in [0.1, 0.15) is 0 Å². The molecule has 158 valence electrons. The van der Waals surface area contributed by atoms with Crippen LogP contribution in [0, 0.1) is 0 Å². The van der Waals surface area contributed by atoms with Crippen LogP contribution >= 0.6 is 39.9 Å². The summed E-state index contributed by atoms with van der Waals surface area (Å²) in [6.45, 7) is 10.1. The number of aliphatic imine (C=N–C) groups is 1. The fourth-order valence-electron chi connectivity index (χ4n) is 3.34. The zero-order valence-electron chi connectivity index (χ0n) is 17.0. The molecule has 4 N–H and O–H groups in total. The molecular formula is C20H33BrIN5O. The number of guanidine groups is 1. The lowest BCUT2D eigenvalue weighted by Gasteiger charge is -2.32. The number of carbonyl (C=O) groups is 1. The van der Waals surface area contributed by atoms with Crippen LogP contribution in [-0.2, 0) is 10.2 Å². The number of hydrogen-bond acceptors (Lipinski definition) is 3. The van der Waals surface area contributed by atoms with Crippen molar-refractivity contribution in [2.24, 2.45) is 10.7 Å². The van der Waals surface area contributed by atoms with Gasteiger partial charge >= 0.3 is 0 Å². The van der Waals surface area contributed by atoms with Crippen molar-refractivity contribution in [3.63, 3.8) is 0 Å². The molecule has 1 aliphatic rings. The van der Waals surface area contributed by atoms with E-state index in [4.69, 9.17) is 10.7 Å². The second-order valence-corrected chi connectivity index (χ2v) is 8.57. The lowest BCUT2D eigenvalue weighted by Crippen LogP contribution is -2.50. The van der Waals surface area contributed by atoms with E-state index in [9.17, 15) is 4.79 Å². The highest BCUT2D eigenvalue weighted by molar-refractivity contribution is 14.0. The zero-order valence-corrected chi connectivity index (χ0v) is 20.9. The summed E-state index contributed by atoms with van der Waals surface area (Å²) < 4.78 is 1.12. The lowest BCUT2D eigenvalue weighted by atomic mass is 9.85. The number of hydrogen-bond donors (Lipinski definition) is 3. The largest absolute Gasteiger partial charge is 0.369 e. The molecule has 1 aromatic carbocycles. The Hall–Kier alpha value is -0.870. The number of piperidine rings is 1. The van der Waals surface area contributed by atoms with Crippen LogP contribution in [0.25, 0.3) is 0 Å². The maximum atomic E-state index is 11.1. The van der Waals surface area contributed by atoms with Crippen molar-refractivity contribution < 1.29 is 4.79 Å². The van der Waals surface area contributed by atoms with Crippen LogP contribution in [0.5, 0.6) is 0 Å². The van der Waals surface area contributed by atoms with Gasteiger partial charge in [-0.1, -0.05) is 48.0 Å². The van der Waals surface area contributed by atoms with E-state index >= 15 is 0 Å². The summed E-state index contributed by atoms with van der Waals surface area (Å²) in [6, 6.07) is 8.68. The standard InChI is InChI=1S/C20H32BrN5O.HI/c1-4-23-19(25-15-9-11-26(12-10-15)13-18(22)27)24-14-20(2,3)16-7-5-6-8-17(16)21;/h5-8,15H,4,9-14H2,1-3H3,(H2,22,27)(H2,23,24,25);1H. The van der Waals surface area contributed by atoms with Crippen LogP contribution in [0.2, 0.25) is 0 Å². The maximum Gasteiger partial charge on any atom is 0.231 e.